The average Bonchev–Trinajstić information content (AvgIpc) is 3.40. The summed E-state index contributed by atoms with van der Waals surface area (Å²) in [5.74, 6) is 1.16. The Balaban J connectivity index is 1.41. The molecule has 28 heavy (non-hydrogen) atoms. The average molecular weight is 381 g/mol. The molecular weight excluding hydrogens is 354 g/mol. The van der Waals surface area contributed by atoms with Crippen molar-refractivity contribution >= 4 is 5.82 Å². The summed E-state index contributed by atoms with van der Waals surface area (Å²) in [5, 5.41) is 4.67. The Labute approximate surface area is 164 Å². The summed E-state index contributed by atoms with van der Waals surface area (Å²) >= 11 is 0. The van der Waals surface area contributed by atoms with Gasteiger partial charge in [0.25, 0.3) is 11.1 Å². The molecule has 1 aliphatic heterocycles. The van der Waals surface area contributed by atoms with Crippen LogP contribution in [0.3, 0.4) is 0 Å². The Morgan fingerprint density at radius 1 is 1.04 bits per heavy atom. The summed E-state index contributed by atoms with van der Waals surface area (Å²) in [5.41, 5.74) is 2.15. The number of anilines is 1. The zero-order chi connectivity index (χ0) is 19.1. The highest BCUT2D eigenvalue weighted by molar-refractivity contribution is 5.38. The molecule has 0 amide bonds. The molecule has 2 aliphatic carbocycles. The van der Waals surface area contributed by atoms with Crippen molar-refractivity contribution < 1.29 is 0 Å². The van der Waals surface area contributed by atoms with Crippen LogP contribution >= 0.6 is 0 Å². The van der Waals surface area contributed by atoms with E-state index in [1.54, 1.807) is 27.7 Å². The third-order valence-corrected chi connectivity index (χ3v) is 6.35. The van der Waals surface area contributed by atoms with Gasteiger partial charge >= 0.3 is 0 Å². The molecule has 2 aromatic rings. The van der Waals surface area contributed by atoms with Crippen LogP contribution in [0.15, 0.2) is 28.0 Å². The van der Waals surface area contributed by atoms with Gasteiger partial charge in [-0.2, -0.15) is 5.10 Å². The fraction of sp³-hybridized carbons (Fsp3) is 0.619. The highest BCUT2D eigenvalue weighted by Crippen LogP contribution is 2.30. The fourth-order valence-corrected chi connectivity index (χ4v) is 4.59. The maximum atomic E-state index is 13.0. The molecule has 1 saturated heterocycles. The van der Waals surface area contributed by atoms with Gasteiger partial charge in [0.05, 0.1) is 18.3 Å². The van der Waals surface area contributed by atoms with Gasteiger partial charge in [-0.3, -0.25) is 9.59 Å². The van der Waals surface area contributed by atoms with Gasteiger partial charge in [0.1, 0.15) is 0 Å². The minimum Gasteiger partial charge on any atom is -0.347 e. The molecule has 0 N–H and O–H groups in total. The van der Waals surface area contributed by atoms with E-state index in [0.717, 1.165) is 62.9 Å². The van der Waals surface area contributed by atoms with E-state index in [4.69, 9.17) is 0 Å². The lowest BCUT2D eigenvalue weighted by Crippen LogP contribution is -2.41. The molecule has 0 bridgehead atoms. The van der Waals surface area contributed by atoms with E-state index in [2.05, 4.69) is 15.0 Å². The molecule has 1 atom stereocenters. The van der Waals surface area contributed by atoms with E-state index in [9.17, 15) is 9.59 Å². The number of hydrogen-bond donors (Lipinski definition) is 0. The molecular formula is C21H27N5O2. The monoisotopic (exact) mass is 381 g/mol. The lowest BCUT2D eigenvalue weighted by molar-refractivity contribution is 0.470. The Morgan fingerprint density at radius 2 is 1.89 bits per heavy atom. The van der Waals surface area contributed by atoms with Gasteiger partial charge in [0.15, 0.2) is 5.82 Å². The highest BCUT2D eigenvalue weighted by Gasteiger charge is 2.30. The molecule has 2 fully saturated rings. The maximum absolute atomic E-state index is 13.0. The third-order valence-electron chi connectivity index (χ3n) is 6.35. The molecule has 3 heterocycles. The molecule has 2 aromatic heterocycles. The predicted molar refractivity (Wildman–Crippen MR) is 107 cm³/mol. The minimum atomic E-state index is -0.0281. The van der Waals surface area contributed by atoms with Crippen LogP contribution in [0.2, 0.25) is 0 Å². The summed E-state index contributed by atoms with van der Waals surface area (Å²) in [6.07, 6.45) is 12.1. The number of rotatable bonds is 5. The van der Waals surface area contributed by atoms with Crippen LogP contribution in [0.5, 0.6) is 0 Å². The first-order chi connectivity index (χ1) is 13.7. The van der Waals surface area contributed by atoms with Gasteiger partial charge in [0, 0.05) is 31.5 Å². The van der Waals surface area contributed by atoms with E-state index in [1.807, 2.05) is 0 Å². The van der Waals surface area contributed by atoms with E-state index in [0.29, 0.717) is 18.3 Å². The van der Waals surface area contributed by atoms with Gasteiger partial charge < -0.3 is 9.47 Å². The van der Waals surface area contributed by atoms with Crippen LogP contribution < -0.4 is 16.0 Å². The standard InChI is InChI=1S/C21H27N5O2/c27-19-12-16-4-1-2-6-18(16)23-26(19)14-17-5-3-10-25(17)20-21(28)24(11-9-22-20)13-15-7-8-15/h9,11-12,15,17H,1-8,10,13-14H2. The van der Waals surface area contributed by atoms with E-state index >= 15 is 0 Å². The first-order valence-electron chi connectivity index (χ1n) is 10.6. The number of aromatic nitrogens is 4. The fourth-order valence-electron chi connectivity index (χ4n) is 4.59. The Morgan fingerprint density at radius 3 is 2.75 bits per heavy atom. The van der Waals surface area contributed by atoms with Crippen molar-refractivity contribution in [2.75, 3.05) is 11.4 Å². The van der Waals surface area contributed by atoms with Crippen molar-refractivity contribution in [1.82, 2.24) is 19.3 Å². The highest BCUT2D eigenvalue weighted by atomic mass is 16.1. The molecule has 1 saturated carbocycles. The summed E-state index contributed by atoms with van der Waals surface area (Å²) in [6, 6.07) is 1.85. The van der Waals surface area contributed by atoms with E-state index in [1.165, 1.54) is 12.8 Å². The molecule has 0 spiro atoms. The van der Waals surface area contributed by atoms with Gasteiger partial charge in [-0.1, -0.05) is 0 Å². The normalized spacial score (nSPS) is 21.7. The van der Waals surface area contributed by atoms with Crippen LogP contribution in [-0.2, 0) is 25.9 Å². The second kappa shape index (κ2) is 7.18. The molecule has 7 nitrogen and oxygen atoms in total. The Bertz CT molecular complexity index is 991. The van der Waals surface area contributed by atoms with Crippen molar-refractivity contribution in [3.8, 4) is 0 Å². The van der Waals surface area contributed by atoms with Crippen LogP contribution in [0.4, 0.5) is 5.82 Å². The molecule has 148 valence electrons. The first kappa shape index (κ1) is 17.6. The zero-order valence-corrected chi connectivity index (χ0v) is 16.2. The largest absolute Gasteiger partial charge is 0.347 e. The molecule has 5 rings (SSSR count). The van der Waals surface area contributed by atoms with Crippen molar-refractivity contribution in [1.29, 1.82) is 0 Å². The van der Waals surface area contributed by atoms with Crippen molar-refractivity contribution in [3.05, 3.63) is 50.4 Å². The van der Waals surface area contributed by atoms with E-state index in [-0.39, 0.29) is 17.2 Å². The number of nitrogens with zero attached hydrogens (tertiary/aromatic N) is 5. The van der Waals surface area contributed by atoms with Crippen molar-refractivity contribution in [2.45, 2.75) is 70.5 Å². The summed E-state index contributed by atoms with van der Waals surface area (Å²) in [6.45, 7) is 2.11. The Kier molecular flexibility index (Phi) is 4.53. The summed E-state index contributed by atoms with van der Waals surface area (Å²) < 4.78 is 3.41. The lowest BCUT2D eigenvalue weighted by Gasteiger charge is -2.26. The predicted octanol–water partition coefficient (Wildman–Crippen LogP) is 1.76. The summed E-state index contributed by atoms with van der Waals surface area (Å²) in [7, 11) is 0. The quantitative estimate of drug-likeness (QED) is 0.789. The SMILES string of the molecule is O=c1c(N2CCCC2Cn2nc3c(cc2=O)CCCC3)nccn1CC1CC1. The van der Waals surface area contributed by atoms with Crippen molar-refractivity contribution in [2.24, 2.45) is 5.92 Å². The maximum Gasteiger partial charge on any atom is 0.293 e. The zero-order valence-electron chi connectivity index (χ0n) is 16.2. The molecule has 0 aromatic carbocycles. The second-order valence-electron chi connectivity index (χ2n) is 8.48. The topological polar surface area (TPSA) is 73.0 Å². The molecule has 1 unspecified atom stereocenters. The third kappa shape index (κ3) is 3.38. The second-order valence-corrected chi connectivity index (χ2v) is 8.48. The van der Waals surface area contributed by atoms with Gasteiger partial charge in [-0.05, 0) is 62.8 Å². The van der Waals surface area contributed by atoms with Crippen LogP contribution in [0.1, 0.15) is 49.8 Å². The van der Waals surface area contributed by atoms with Crippen LogP contribution in [0.25, 0.3) is 0 Å². The number of aryl methyl sites for hydroxylation is 2. The minimum absolute atomic E-state index is 0.00736. The molecule has 3 aliphatic rings. The van der Waals surface area contributed by atoms with Gasteiger partial charge in [-0.15, -0.1) is 0 Å². The van der Waals surface area contributed by atoms with Crippen LogP contribution in [-0.4, -0.2) is 31.9 Å². The summed E-state index contributed by atoms with van der Waals surface area (Å²) in [4.78, 5) is 32.0. The van der Waals surface area contributed by atoms with E-state index < -0.39 is 0 Å². The lowest BCUT2D eigenvalue weighted by atomic mass is 9.97. The molecule has 0 radical (unpaired) electrons. The van der Waals surface area contributed by atoms with Gasteiger partial charge in [0.2, 0.25) is 0 Å². The van der Waals surface area contributed by atoms with Gasteiger partial charge in [-0.25, -0.2) is 9.67 Å². The smallest absolute Gasteiger partial charge is 0.293 e. The number of fused-ring (bicyclic) bond motifs is 1. The van der Waals surface area contributed by atoms with Crippen LogP contribution in [0, 0.1) is 5.92 Å². The molecule has 7 heteroatoms. The first-order valence-corrected chi connectivity index (χ1v) is 10.6. The van der Waals surface area contributed by atoms with Crippen molar-refractivity contribution in [3.63, 3.8) is 0 Å². The Hall–Kier alpha value is -2.44. The number of hydrogen-bond acceptors (Lipinski definition) is 5.